The van der Waals surface area contributed by atoms with Gasteiger partial charge in [0.05, 0.1) is 5.56 Å². The molecule has 0 saturated carbocycles. The molecule has 0 aliphatic carbocycles. The molecule has 0 fully saturated rings. The second kappa shape index (κ2) is 5.68. The second-order valence-corrected chi connectivity index (χ2v) is 3.74. The number of rotatable bonds is 3. The van der Waals surface area contributed by atoms with Gasteiger partial charge in [-0.2, -0.15) is 0 Å². The number of anilines is 1. The molecule has 5 heteroatoms. The van der Waals surface area contributed by atoms with E-state index in [-0.39, 0.29) is 11.3 Å². The fourth-order valence-electron chi connectivity index (χ4n) is 1.52. The molecule has 5 nitrogen and oxygen atoms in total. The first kappa shape index (κ1) is 12.6. The quantitative estimate of drug-likeness (QED) is 0.884. The number of para-hydroxylation sites is 2. The number of hydrogen-bond donors (Lipinski definition) is 2. The van der Waals surface area contributed by atoms with Crippen LogP contribution in [0.15, 0.2) is 54.6 Å². The molecule has 0 heterocycles. The van der Waals surface area contributed by atoms with Crippen molar-refractivity contribution in [2.24, 2.45) is 5.73 Å². The van der Waals surface area contributed by atoms with E-state index in [2.05, 4.69) is 5.32 Å². The van der Waals surface area contributed by atoms with Crippen LogP contribution in [0.1, 0.15) is 10.4 Å². The molecular formula is C14H12N2O3. The lowest BCUT2D eigenvalue weighted by Gasteiger charge is -2.08. The Morgan fingerprint density at radius 1 is 0.947 bits per heavy atom. The summed E-state index contributed by atoms with van der Waals surface area (Å²) in [6.07, 6.45) is -0.681. The summed E-state index contributed by atoms with van der Waals surface area (Å²) in [5.41, 5.74) is 5.95. The highest BCUT2D eigenvalue weighted by Crippen LogP contribution is 2.18. The molecule has 0 aromatic heterocycles. The Morgan fingerprint density at radius 2 is 1.58 bits per heavy atom. The van der Waals surface area contributed by atoms with Crippen molar-refractivity contribution < 1.29 is 14.3 Å². The van der Waals surface area contributed by atoms with E-state index < -0.39 is 12.0 Å². The fraction of sp³-hybridized carbons (Fsp3) is 0. The molecule has 19 heavy (non-hydrogen) atoms. The van der Waals surface area contributed by atoms with Gasteiger partial charge in [-0.1, -0.05) is 30.3 Å². The Bertz CT molecular complexity index is 597. The van der Waals surface area contributed by atoms with Crippen LogP contribution >= 0.6 is 0 Å². The standard InChI is InChI=1S/C14H12N2O3/c15-13(17)11-8-4-5-9-12(11)19-14(18)16-10-6-2-1-3-7-10/h1-9H,(H2,15,17)(H,16,18). The van der Waals surface area contributed by atoms with E-state index in [1.165, 1.54) is 12.1 Å². The fourth-order valence-corrected chi connectivity index (χ4v) is 1.52. The molecule has 0 atom stereocenters. The van der Waals surface area contributed by atoms with Crippen LogP contribution in [0.3, 0.4) is 0 Å². The van der Waals surface area contributed by atoms with Crippen molar-refractivity contribution in [3.8, 4) is 5.75 Å². The highest BCUT2D eigenvalue weighted by Gasteiger charge is 2.12. The highest BCUT2D eigenvalue weighted by atomic mass is 16.6. The number of ether oxygens (including phenoxy) is 1. The topological polar surface area (TPSA) is 81.4 Å². The average molecular weight is 256 g/mol. The molecule has 96 valence electrons. The van der Waals surface area contributed by atoms with E-state index in [1.54, 1.807) is 36.4 Å². The molecule has 0 unspecified atom stereocenters. The third-order valence-corrected chi connectivity index (χ3v) is 2.38. The molecule has 2 rings (SSSR count). The summed E-state index contributed by atoms with van der Waals surface area (Å²) >= 11 is 0. The molecule has 3 N–H and O–H groups in total. The maximum absolute atomic E-state index is 11.7. The van der Waals surface area contributed by atoms with Crippen LogP contribution < -0.4 is 15.8 Å². The Hall–Kier alpha value is -2.82. The normalized spacial score (nSPS) is 9.68. The summed E-state index contributed by atoms with van der Waals surface area (Å²) in [6.45, 7) is 0. The molecule has 0 saturated heterocycles. The van der Waals surface area contributed by atoms with E-state index in [9.17, 15) is 9.59 Å². The van der Waals surface area contributed by atoms with Gasteiger partial charge in [-0.05, 0) is 24.3 Å². The molecule has 2 amide bonds. The van der Waals surface area contributed by atoms with Crippen LogP contribution in [-0.2, 0) is 0 Å². The average Bonchev–Trinajstić information content (AvgIpc) is 2.40. The van der Waals surface area contributed by atoms with Gasteiger partial charge in [-0.25, -0.2) is 4.79 Å². The lowest BCUT2D eigenvalue weighted by Crippen LogP contribution is -2.19. The second-order valence-electron chi connectivity index (χ2n) is 3.74. The maximum atomic E-state index is 11.7. The van der Waals surface area contributed by atoms with Crippen molar-refractivity contribution >= 4 is 17.7 Å². The lowest BCUT2D eigenvalue weighted by molar-refractivity contribution is 0.0998. The van der Waals surface area contributed by atoms with Crippen molar-refractivity contribution in [2.45, 2.75) is 0 Å². The minimum Gasteiger partial charge on any atom is -0.409 e. The molecule has 0 spiro atoms. The van der Waals surface area contributed by atoms with E-state index in [1.807, 2.05) is 6.07 Å². The zero-order valence-corrected chi connectivity index (χ0v) is 10.00. The van der Waals surface area contributed by atoms with Gasteiger partial charge in [0.1, 0.15) is 5.75 Å². The number of carbonyl (C=O) groups excluding carboxylic acids is 2. The monoisotopic (exact) mass is 256 g/mol. The number of carbonyl (C=O) groups is 2. The van der Waals surface area contributed by atoms with E-state index >= 15 is 0 Å². The van der Waals surface area contributed by atoms with Crippen molar-refractivity contribution in [1.82, 2.24) is 0 Å². The zero-order chi connectivity index (χ0) is 13.7. The predicted octanol–water partition coefficient (Wildman–Crippen LogP) is 2.40. The SMILES string of the molecule is NC(=O)c1ccccc1OC(=O)Nc1ccccc1. The van der Waals surface area contributed by atoms with Gasteiger partial charge >= 0.3 is 6.09 Å². The molecule has 0 aliphatic heterocycles. The van der Waals surface area contributed by atoms with Crippen LogP contribution in [0.2, 0.25) is 0 Å². The van der Waals surface area contributed by atoms with Crippen molar-refractivity contribution in [1.29, 1.82) is 0 Å². The number of amides is 2. The van der Waals surface area contributed by atoms with Gasteiger partial charge in [0.2, 0.25) is 0 Å². The van der Waals surface area contributed by atoms with Gasteiger partial charge in [0.15, 0.2) is 0 Å². The summed E-state index contributed by atoms with van der Waals surface area (Å²) in [5, 5.41) is 2.54. The first-order chi connectivity index (χ1) is 9.16. The molecule has 0 aliphatic rings. The number of benzene rings is 2. The van der Waals surface area contributed by atoms with Crippen molar-refractivity contribution in [2.75, 3.05) is 5.32 Å². The van der Waals surface area contributed by atoms with Crippen molar-refractivity contribution in [3.05, 3.63) is 60.2 Å². The Balaban J connectivity index is 2.09. The van der Waals surface area contributed by atoms with Crippen molar-refractivity contribution in [3.63, 3.8) is 0 Å². The first-order valence-electron chi connectivity index (χ1n) is 5.59. The summed E-state index contributed by atoms with van der Waals surface area (Å²) in [4.78, 5) is 22.8. The largest absolute Gasteiger partial charge is 0.417 e. The van der Waals surface area contributed by atoms with Crippen LogP contribution in [0, 0.1) is 0 Å². The van der Waals surface area contributed by atoms with Gasteiger partial charge in [0, 0.05) is 5.69 Å². The zero-order valence-electron chi connectivity index (χ0n) is 10.00. The summed E-state index contributed by atoms with van der Waals surface area (Å²) in [5.74, 6) is -0.522. The number of nitrogens with two attached hydrogens (primary N) is 1. The maximum Gasteiger partial charge on any atom is 0.417 e. The van der Waals surface area contributed by atoms with E-state index in [0.29, 0.717) is 5.69 Å². The summed E-state index contributed by atoms with van der Waals surface area (Å²) < 4.78 is 5.06. The van der Waals surface area contributed by atoms with Gasteiger partial charge in [0.25, 0.3) is 5.91 Å². The Kier molecular flexibility index (Phi) is 3.78. The van der Waals surface area contributed by atoms with Gasteiger partial charge in [-0.3, -0.25) is 10.1 Å². The van der Waals surface area contributed by atoms with Gasteiger partial charge in [-0.15, -0.1) is 0 Å². The van der Waals surface area contributed by atoms with Crippen LogP contribution in [-0.4, -0.2) is 12.0 Å². The first-order valence-corrected chi connectivity index (χ1v) is 5.59. The smallest absolute Gasteiger partial charge is 0.409 e. The third-order valence-electron chi connectivity index (χ3n) is 2.38. The van der Waals surface area contributed by atoms with Gasteiger partial charge < -0.3 is 10.5 Å². The minimum absolute atomic E-state index is 0.128. The van der Waals surface area contributed by atoms with Crippen LogP contribution in [0.25, 0.3) is 0 Å². The lowest BCUT2D eigenvalue weighted by atomic mass is 10.2. The Morgan fingerprint density at radius 3 is 2.26 bits per heavy atom. The third kappa shape index (κ3) is 3.32. The predicted molar refractivity (Wildman–Crippen MR) is 71.0 cm³/mol. The molecular weight excluding hydrogens is 244 g/mol. The molecule has 2 aromatic carbocycles. The Labute approximate surface area is 110 Å². The summed E-state index contributed by atoms with van der Waals surface area (Å²) in [7, 11) is 0. The molecule has 2 aromatic rings. The highest BCUT2D eigenvalue weighted by molar-refractivity contribution is 5.97. The van der Waals surface area contributed by atoms with Crippen LogP contribution in [0.5, 0.6) is 5.75 Å². The van der Waals surface area contributed by atoms with E-state index in [4.69, 9.17) is 10.5 Å². The minimum atomic E-state index is -0.681. The number of nitrogens with one attached hydrogen (secondary N) is 1. The van der Waals surface area contributed by atoms with Crippen LogP contribution in [0.4, 0.5) is 10.5 Å². The molecule has 0 radical (unpaired) electrons. The number of hydrogen-bond acceptors (Lipinski definition) is 3. The summed E-state index contributed by atoms with van der Waals surface area (Å²) in [6, 6.07) is 15.1. The number of primary amides is 1. The van der Waals surface area contributed by atoms with E-state index in [0.717, 1.165) is 0 Å². The molecule has 0 bridgehead atoms.